The summed E-state index contributed by atoms with van der Waals surface area (Å²) in [6.07, 6.45) is 4.01. The van der Waals surface area contributed by atoms with Crippen LogP contribution in [0, 0.1) is 0 Å². The number of nitrogens with zero attached hydrogens (tertiary/aromatic N) is 2. The summed E-state index contributed by atoms with van der Waals surface area (Å²) in [5.74, 6) is 0.0998. The first-order chi connectivity index (χ1) is 11.8. The average Bonchev–Trinajstić information content (AvgIpc) is 2.64. The minimum Gasteiger partial charge on any atom is -0.411 e. The topological polar surface area (TPSA) is 45.5 Å². The second kappa shape index (κ2) is 7.88. The van der Waals surface area contributed by atoms with Gasteiger partial charge in [0, 0.05) is 34.8 Å². The van der Waals surface area contributed by atoms with Crippen LogP contribution in [0.3, 0.4) is 0 Å². The smallest absolute Gasteiger partial charge is 0.0878 e. The Kier molecular flexibility index (Phi) is 5.39. The molecule has 2 aromatic carbocycles. The summed E-state index contributed by atoms with van der Waals surface area (Å²) >= 11 is 3.54. The average molecular weight is 381 g/mol. The van der Waals surface area contributed by atoms with E-state index >= 15 is 0 Å². The molecular weight excluding hydrogens is 364 g/mol. The molecule has 0 fully saturated rings. The summed E-state index contributed by atoms with van der Waals surface area (Å²) in [5.41, 5.74) is 3.88. The molecule has 24 heavy (non-hydrogen) atoms. The number of oxime groups is 1. The second-order valence-corrected chi connectivity index (χ2v) is 6.42. The first-order valence-electron chi connectivity index (χ1n) is 7.69. The molecule has 0 saturated heterocycles. The number of benzene rings is 2. The highest BCUT2D eigenvalue weighted by Crippen LogP contribution is 2.31. The fourth-order valence-electron chi connectivity index (χ4n) is 2.79. The zero-order valence-electron chi connectivity index (χ0n) is 13.0. The van der Waals surface area contributed by atoms with E-state index in [0.29, 0.717) is 12.1 Å². The van der Waals surface area contributed by atoms with Gasteiger partial charge in [-0.3, -0.25) is 4.98 Å². The van der Waals surface area contributed by atoms with Crippen LogP contribution in [0.4, 0.5) is 0 Å². The van der Waals surface area contributed by atoms with Crippen molar-refractivity contribution in [2.75, 3.05) is 0 Å². The molecular formula is C20H17BrN2O. The molecule has 4 heteroatoms. The minimum absolute atomic E-state index is 0.0998. The normalized spacial score (nSPS) is 12.8. The molecule has 0 saturated carbocycles. The van der Waals surface area contributed by atoms with Crippen molar-refractivity contribution in [3.8, 4) is 0 Å². The lowest BCUT2D eigenvalue weighted by molar-refractivity contribution is 0.317. The van der Waals surface area contributed by atoms with Crippen molar-refractivity contribution in [3.63, 3.8) is 0 Å². The van der Waals surface area contributed by atoms with Crippen LogP contribution in [0.15, 0.2) is 88.8 Å². The largest absolute Gasteiger partial charge is 0.411 e. The van der Waals surface area contributed by atoms with Crippen LogP contribution in [0.2, 0.25) is 0 Å². The maximum atomic E-state index is 9.54. The quantitative estimate of drug-likeness (QED) is 0.373. The monoisotopic (exact) mass is 380 g/mol. The SMILES string of the molecule is ON=C(CC(c1ccccc1)c1cccc(Br)c1)c1ccncc1. The van der Waals surface area contributed by atoms with E-state index in [-0.39, 0.29) is 5.92 Å². The van der Waals surface area contributed by atoms with Gasteiger partial charge in [-0.05, 0) is 35.4 Å². The van der Waals surface area contributed by atoms with Gasteiger partial charge in [-0.25, -0.2) is 0 Å². The van der Waals surface area contributed by atoms with E-state index in [1.165, 1.54) is 11.1 Å². The van der Waals surface area contributed by atoms with Crippen molar-refractivity contribution in [3.05, 3.63) is 100 Å². The lowest BCUT2D eigenvalue weighted by Gasteiger charge is -2.19. The van der Waals surface area contributed by atoms with E-state index in [4.69, 9.17) is 0 Å². The van der Waals surface area contributed by atoms with E-state index in [1.807, 2.05) is 42.5 Å². The summed E-state index contributed by atoms with van der Waals surface area (Å²) in [7, 11) is 0. The molecule has 0 aliphatic carbocycles. The summed E-state index contributed by atoms with van der Waals surface area (Å²) < 4.78 is 1.03. The molecule has 0 spiro atoms. The number of halogens is 1. The second-order valence-electron chi connectivity index (χ2n) is 5.50. The molecule has 3 rings (SSSR count). The molecule has 0 aliphatic rings. The lowest BCUT2D eigenvalue weighted by atomic mass is 9.85. The first kappa shape index (κ1) is 16.4. The highest BCUT2D eigenvalue weighted by molar-refractivity contribution is 9.10. The van der Waals surface area contributed by atoms with E-state index in [1.54, 1.807) is 12.4 Å². The van der Waals surface area contributed by atoms with Crippen LogP contribution in [0.25, 0.3) is 0 Å². The maximum absolute atomic E-state index is 9.54. The Morgan fingerprint density at radius 3 is 2.33 bits per heavy atom. The number of hydrogen-bond donors (Lipinski definition) is 1. The number of aromatic nitrogens is 1. The van der Waals surface area contributed by atoms with Crippen molar-refractivity contribution in [2.24, 2.45) is 5.16 Å². The van der Waals surface area contributed by atoms with E-state index in [2.05, 4.69) is 50.3 Å². The molecule has 0 bridgehead atoms. The molecule has 1 N–H and O–H groups in total. The van der Waals surface area contributed by atoms with Crippen LogP contribution in [-0.4, -0.2) is 15.9 Å². The van der Waals surface area contributed by atoms with Crippen LogP contribution in [0.5, 0.6) is 0 Å². The zero-order chi connectivity index (χ0) is 16.8. The molecule has 3 nitrogen and oxygen atoms in total. The molecule has 120 valence electrons. The Morgan fingerprint density at radius 1 is 0.958 bits per heavy atom. The van der Waals surface area contributed by atoms with Crippen molar-refractivity contribution in [1.82, 2.24) is 4.98 Å². The van der Waals surface area contributed by atoms with Crippen LogP contribution >= 0.6 is 15.9 Å². The van der Waals surface area contributed by atoms with Crippen molar-refractivity contribution in [1.29, 1.82) is 0 Å². The van der Waals surface area contributed by atoms with Gasteiger partial charge in [-0.1, -0.05) is 63.6 Å². The third-order valence-corrected chi connectivity index (χ3v) is 4.48. The zero-order valence-corrected chi connectivity index (χ0v) is 14.6. The molecule has 1 aromatic heterocycles. The van der Waals surface area contributed by atoms with Crippen molar-refractivity contribution in [2.45, 2.75) is 12.3 Å². The number of hydrogen-bond acceptors (Lipinski definition) is 3. The van der Waals surface area contributed by atoms with E-state index in [9.17, 15) is 5.21 Å². The van der Waals surface area contributed by atoms with Crippen LogP contribution in [0.1, 0.15) is 29.0 Å². The number of pyridine rings is 1. The first-order valence-corrected chi connectivity index (χ1v) is 8.49. The fraction of sp³-hybridized carbons (Fsp3) is 0.100. The lowest BCUT2D eigenvalue weighted by Crippen LogP contribution is -2.10. The Morgan fingerprint density at radius 2 is 1.67 bits per heavy atom. The van der Waals surface area contributed by atoms with Gasteiger partial charge in [0.15, 0.2) is 0 Å². The van der Waals surface area contributed by atoms with Gasteiger partial charge in [0.05, 0.1) is 5.71 Å². The fourth-order valence-corrected chi connectivity index (χ4v) is 3.21. The third-order valence-electron chi connectivity index (χ3n) is 3.98. The summed E-state index contributed by atoms with van der Waals surface area (Å²) in [6.45, 7) is 0. The summed E-state index contributed by atoms with van der Waals surface area (Å²) in [4.78, 5) is 4.03. The molecule has 1 atom stereocenters. The van der Waals surface area contributed by atoms with Gasteiger partial charge in [-0.2, -0.15) is 0 Å². The van der Waals surface area contributed by atoms with Gasteiger partial charge in [-0.15, -0.1) is 0 Å². The summed E-state index contributed by atoms with van der Waals surface area (Å²) in [5, 5.41) is 13.1. The van der Waals surface area contributed by atoms with Crippen molar-refractivity contribution < 1.29 is 5.21 Å². The highest BCUT2D eigenvalue weighted by Gasteiger charge is 2.18. The molecule has 1 unspecified atom stereocenters. The van der Waals surface area contributed by atoms with Crippen molar-refractivity contribution >= 4 is 21.6 Å². The van der Waals surface area contributed by atoms with Crippen LogP contribution in [-0.2, 0) is 0 Å². The predicted octanol–water partition coefficient (Wildman–Crippen LogP) is 5.24. The maximum Gasteiger partial charge on any atom is 0.0878 e. The third kappa shape index (κ3) is 3.89. The molecule has 0 radical (unpaired) electrons. The standard InChI is InChI=1S/C20H17BrN2O/c21-18-8-4-7-17(13-18)19(15-5-2-1-3-6-15)14-20(23-24)16-9-11-22-12-10-16/h1-13,19,24H,14H2. The summed E-state index contributed by atoms with van der Waals surface area (Å²) in [6, 6.07) is 22.2. The molecule has 0 aliphatic heterocycles. The van der Waals surface area contributed by atoms with Gasteiger partial charge in [0.25, 0.3) is 0 Å². The predicted molar refractivity (Wildman–Crippen MR) is 99.6 cm³/mol. The minimum atomic E-state index is 0.0998. The van der Waals surface area contributed by atoms with E-state index < -0.39 is 0 Å². The molecule has 1 heterocycles. The Bertz CT molecular complexity index is 819. The van der Waals surface area contributed by atoms with Gasteiger partial charge < -0.3 is 5.21 Å². The Labute approximate surface area is 149 Å². The molecule has 3 aromatic rings. The number of rotatable bonds is 5. The highest BCUT2D eigenvalue weighted by atomic mass is 79.9. The van der Waals surface area contributed by atoms with Gasteiger partial charge in [0.2, 0.25) is 0 Å². The van der Waals surface area contributed by atoms with Gasteiger partial charge >= 0.3 is 0 Å². The van der Waals surface area contributed by atoms with Crippen LogP contribution < -0.4 is 0 Å². The Balaban J connectivity index is 1.99. The Hall–Kier alpha value is -2.46. The molecule has 0 amide bonds. The van der Waals surface area contributed by atoms with Gasteiger partial charge in [0.1, 0.15) is 0 Å². The van der Waals surface area contributed by atoms with E-state index in [0.717, 1.165) is 10.0 Å².